The topological polar surface area (TPSA) is 12.1 Å². The number of nitrogens with one attached hydrogen (secondary N) is 2. The molecule has 2 heterocycles. The second-order valence-corrected chi connectivity index (χ2v) is 8.30. The number of benzene rings is 2. The third-order valence-corrected chi connectivity index (χ3v) is 6.40. The molecule has 0 amide bonds. The molecule has 0 bridgehead atoms. The van der Waals surface area contributed by atoms with Gasteiger partial charge in [-0.05, 0) is 37.1 Å². The van der Waals surface area contributed by atoms with Gasteiger partial charge in [-0.15, -0.1) is 0 Å². The second-order valence-electron chi connectivity index (χ2n) is 8.30. The molecule has 4 atom stereocenters. The van der Waals surface area contributed by atoms with E-state index in [0.717, 1.165) is 12.6 Å². The molecule has 2 aromatic rings. The number of anilines is 1. The molecule has 0 radical (unpaired) electrons. The van der Waals surface area contributed by atoms with E-state index in [1.807, 2.05) is 4.90 Å². The lowest BCUT2D eigenvalue weighted by Crippen LogP contribution is -3.35. The fourth-order valence-corrected chi connectivity index (χ4v) is 5.05. The summed E-state index contributed by atoms with van der Waals surface area (Å²) in [6.45, 7) is 3.77. The van der Waals surface area contributed by atoms with E-state index in [1.54, 1.807) is 4.90 Å². The molecule has 2 aromatic carbocycles. The van der Waals surface area contributed by atoms with Gasteiger partial charge < -0.3 is 4.90 Å². The van der Waals surface area contributed by atoms with Crippen molar-refractivity contribution in [2.75, 3.05) is 32.1 Å². The zero-order valence-corrected chi connectivity index (χ0v) is 16.2. The van der Waals surface area contributed by atoms with Crippen LogP contribution < -0.4 is 14.7 Å². The van der Waals surface area contributed by atoms with Gasteiger partial charge in [-0.3, -0.25) is 9.80 Å². The van der Waals surface area contributed by atoms with E-state index in [0.29, 0.717) is 6.17 Å². The summed E-state index contributed by atoms with van der Waals surface area (Å²) in [5, 5.41) is 0. The van der Waals surface area contributed by atoms with E-state index >= 15 is 0 Å². The quantitative estimate of drug-likeness (QED) is 0.854. The maximum atomic E-state index is 2.38. The summed E-state index contributed by atoms with van der Waals surface area (Å²) in [6.07, 6.45) is 6.18. The summed E-state index contributed by atoms with van der Waals surface area (Å²) in [5.74, 6) is 0. The van der Waals surface area contributed by atoms with Crippen molar-refractivity contribution in [2.24, 2.45) is 0 Å². The molecular formula is C23H33N3+2. The minimum Gasteiger partial charge on any atom is -0.378 e. The minimum atomic E-state index is 0.575. The maximum Gasteiger partial charge on any atom is 0.240 e. The van der Waals surface area contributed by atoms with Crippen molar-refractivity contribution in [3.8, 4) is 0 Å². The zero-order valence-electron chi connectivity index (χ0n) is 16.2. The number of rotatable bonds is 4. The number of fused-ring (bicyclic) bond motifs is 1. The van der Waals surface area contributed by atoms with Crippen LogP contribution in [0, 0.1) is 0 Å². The third-order valence-electron chi connectivity index (χ3n) is 6.40. The Labute approximate surface area is 158 Å². The first kappa shape index (κ1) is 17.6. The number of hydrogen-bond acceptors (Lipinski definition) is 1. The lowest BCUT2D eigenvalue weighted by atomic mass is 9.93. The molecule has 0 saturated carbocycles. The molecule has 138 valence electrons. The van der Waals surface area contributed by atoms with Crippen molar-refractivity contribution in [1.29, 1.82) is 0 Å². The first-order valence-corrected chi connectivity index (χ1v) is 10.2. The van der Waals surface area contributed by atoms with Crippen LogP contribution in [0.25, 0.3) is 0 Å². The molecule has 0 aromatic heterocycles. The van der Waals surface area contributed by atoms with E-state index in [1.165, 1.54) is 55.6 Å². The Morgan fingerprint density at radius 2 is 1.65 bits per heavy atom. The van der Waals surface area contributed by atoms with E-state index in [9.17, 15) is 0 Å². The van der Waals surface area contributed by atoms with E-state index in [2.05, 4.69) is 73.6 Å². The van der Waals surface area contributed by atoms with Crippen LogP contribution in [0.5, 0.6) is 0 Å². The molecule has 0 aliphatic carbocycles. The highest BCUT2D eigenvalue weighted by atomic mass is 15.4. The molecule has 0 spiro atoms. The SMILES string of the molecule is CN(C)c1ccc([C@@H]2[NH+](Cc3ccccc3)CC[C@H]3CCCC[NH+]32)cc1. The first-order valence-electron chi connectivity index (χ1n) is 10.2. The van der Waals surface area contributed by atoms with Gasteiger partial charge in [0, 0.05) is 38.2 Å². The van der Waals surface area contributed by atoms with Gasteiger partial charge in [0.2, 0.25) is 6.17 Å². The highest BCUT2D eigenvalue weighted by Gasteiger charge is 2.44. The van der Waals surface area contributed by atoms with Crippen LogP contribution in [-0.2, 0) is 6.54 Å². The van der Waals surface area contributed by atoms with Crippen molar-refractivity contribution < 1.29 is 9.80 Å². The summed E-state index contributed by atoms with van der Waals surface area (Å²) in [5.41, 5.74) is 4.27. The van der Waals surface area contributed by atoms with Gasteiger partial charge in [-0.2, -0.15) is 0 Å². The highest BCUT2D eigenvalue weighted by molar-refractivity contribution is 5.46. The van der Waals surface area contributed by atoms with Crippen molar-refractivity contribution in [2.45, 2.75) is 44.4 Å². The molecule has 2 fully saturated rings. The summed E-state index contributed by atoms with van der Waals surface area (Å²) >= 11 is 0. The monoisotopic (exact) mass is 351 g/mol. The Morgan fingerprint density at radius 1 is 0.885 bits per heavy atom. The van der Waals surface area contributed by atoms with Crippen LogP contribution >= 0.6 is 0 Å². The molecule has 26 heavy (non-hydrogen) atoms. The average Bonchev–Trinajstić information content (AvgIpc) is 2.69. The fourth-order valence-electron chi connectivity index (χ4n) is 5.05. The summed E-state index contributed by atoms with van der Waals surface area (Å²) in [7, 11) is 4.24. The Kier molecular flexibility index (Phi) is 5.28. The lowest BCUT2D eigenvalue weighted by molar-refractivity contribution is -1.17. The standard InChI is InChI=1S/C23H31N3/c1-24(2)21-13-11-20(12-14-21)23-25(18-19-8-4-3-5-9-19)17-15-22-10-6-7-16-26(22)23/h3-5,8-9,11-14,22-23H,6-7,10,15-18H2,1-2H3/p+2/t22-,23-/m1/s1. The van der Waals surface area contributed by atoms with Gasteiger partial charge in [-0.25, -0.2) is 0 Å². The van der Waals surface area contributed by atoms with Crippen LogP contribution in [0.4, 0.5) is 5.69 Å². The zero-order chi connectivity index (χ0) is 17.9. The summed E-state index contributed by atoms with van der Waals surface area (Å²) in [4.78, 5) is 5.77. The molecule has 2 unspecified atom stereocenters. The van der Waals surface area contributed by atoms with Crippen LogP contribution in [0.3, 0.4) is 0 Å². The van der Waals surface area contributed by atoms with Gasteiger partial charge >= 0.3 is 0 Å². The number of nitrogens with zero attached hydrogens (tertiary/aromatic N) is 1. The highest BCUT2D eigenvalue weighted by Crippen LogP contribution is 2.18. The first-order chi connectivity index (χ1) is 12.7. The van der Waals surface area contributed by atoms with Gasteiger partial charge in [0.1, 0.15) is 6.54 Å². The molecule has 3 heteroatoms. The van der Waals surface area contributed by atoms with Crippen molar-refractivity contribution >= 4 is 5.69 Å². The Bertz CT molecular complexity index is 695. The van der Waals surface area contributed by atoms with Crippen LogP contribution in [0.2, 0.25) is 0 Å². The predicted molar refractivity (Wildman–Crippen MR) is 108 cm³/mol. The lowest BCUT2D eigenvalue weighted by Gasteiger charge is -2.45. The van der Waals surface area contributed by atoms with Gasteiger partial charge in [-0.1, -0.05) is 30.3 Å². The molecule has 3 nitrogen and oxygen atoms in total. The largest absolute Gasteiger partial charge is 0.378 e. The molecule has 2 aliphatic heterocycles. The van der Waals surface area contributed by atoms with E-state index in [4.69, 9.17) is 0 Å². The Balaban J connectivity index is 1.63. The second kappa shape index (κ2) is 7.81. The van der Waals surface area contributed by atoms with Gasteiger partial charge in [0.25, 0.3) is 0 Å². The normalized spacial score (nSPS) is 28.4. The number of piperidine rings is 1. The number of hydrogen-bond donors (Lipinski definition) is 2. The van der Waals surface area contributed by atoms with Crippen LogP contribution in [0.15, 0.2) is 54.6 Å². The predicted octanol–water partition coefficient (Wildman–Crippen LogP) is 1.68. The molecular weight excluding hydrogens is 318 g/mol. The molecule has 2 N–H and O–H groups in total. The van der Waals surface area contributed by atoms with E-state index < -0.39 is 0 Å². The molecule has 2 saturated heterocycles. The number of quaternary nitrogens is 2. The van der Waals surface area contributed by atoms with Crippen molar-refractivity contribution in [1.82, 2.24) is 0 Å². The average molecular weight is 352 g/mol. The minimum absolute atomic E-state index is 0.575. The smallest absolute Gasteiger partial charge is 0.240 e. The van der Waals surface area contributed by atoms with Gasteiger partial charge in [0.05, 0.1) is 24.7 Å². The third kappa shape index (κ3) is 3.65. The van der Waals surface area contributed by atoms with Crippen molar-refractivity contribution in [3.63, 3.8) is 0 Å². The van der Waals surface area contributed by atoms with Crippen molar-refractivity contribution in [3.05, 3.63) is 65.7 Å². The maximum absolute atomic E-state index is 2.38. The molecule has 2 aliphatic rings. The fraction of sp³-hybridized carbons (Fsp3) is 0.478. The van der Waals surface area contributed by atoms with Gasteiger partial charge in [0.15, 0.2) is 0 Å². The Hall–Kier alpha value is -1.84. The van der Waals surface area contributed by atoms with Crippen LogP contribution in [0.1, 0.15) is 43.0 Å². The summed E-state index contributed by atoms with van der Waals surface area (Å²) in [6, 6.07) is 21.3. The van der Waals surface area contributed by atoms with Crippen LogP contribution in [-0.4, -0.2) is 33.2 Å². The van der Waals surface area contributed by atoms with E-state index in [-0.39, 0.29) is 0 Å². The molecule has 4 rings (SSSR count). The Morgan fingerprint density at radius 3 is 2.38 bits per heavy atom. The summed E-state index contributed by atoms with van der Waals surface area (Å²) < 4.78 is 0.